The number of aliphatic hydroxyl groups is 1. The molecule has 1 heterocycles. The summed E-state index contributed by atoms with van der Waals surface area (Å²) in [5, 5.41) is 8.87. The van der Waals surface area contributed by atoms with Crippen LogP contribution in [0.5, 0.6) is 5.75 Å². The second kappa shape index (κ2) is 5.87. The largest absolute Gasteiger partial charge is 0.494 e. The van der Waals surface area contributed by atoms with Crippen molar-refractivity contribution in [1.29, 1.82) is 0 Å². The minimum atomic E-state index is 0.330. The highest BCUT2D eigenvalue weighted by atomic mass is 16.5. The minimum Gasteiger partial charge on any atom is -0.494 e. The fraction of sp³-hybridized carbons (Fsp3) is 0.538. The third-order valence-corrected chi connectivity index (χ3v) is 2.92. The van der Waals surface area contributed by atoms with E-state index in [2.05, 4.69) is 4.90 Å². The Balaban J connectivity index is 1.53. The van der Waals surface area contributed by atoms with Crippen LogP contribution in [-0.4, -0.2) is 42.9 Å². The maximum atomic E-state index is 8.87. The van der Waals surface area contributed by atoms with E-state index in [0.717, 1.165) is 38.4 Å². The Morgan fingerprint density at radius 1 is 1.25 bits per heavy atom. The van der Waals surface area contributed by atoms with Gasteiger partial charge in [0.2, 0.25) is 0 Å². The number of ether oxygens (including phenoxy) is 1. The fourth-order valence-corrected chi connectivity index (χ4v) is 1.97. The maximum absolute atomic E-state index is 8.87. The van der Waals surface area contributed by atoms with Gasteiger partial charge in [-0.25, -0.2) is 0 Å². The van der Waals surface area contributed by atoms with Crippen LogP contribution in [0, 0.1) is 5.92 Å². The monoisotopic (exact) mass is 221 g/mol. The van der Waals surface area contributed by atoms with Gasteiger partial charge in [0.25, 0.3) is 0 Å². The summed E-state index contributed by atoms with van der Waals surface area (Å²) < 4.78 is 5.60. The molecule has 16 heavy (non-hydrogen) atoms. The van der Waals surface area contributed by atoms with Crippen molar-refractivity contribution in [2.75, 3.05) is 32.8 Å². The van der Waals surface area contributed by atoms with E-state index in [4.69, 9.17) is 9.84 Å². The number of nitrogens with zero attached hydrogens (tertiary/aromatic N) is 1. The van der Waals surface area contributed by atoms with Crippen molar-refractivity contribution in [2.45, 2.75) is 6.42 Å². The Bertz CT molecular complexity index is 296. The van der Waals surface area contributed by atoms with E-state index >= 15 is 0 Å². The fourth-order valence-electron chi connectivity index (χ4n) is 1.97. The molecule has 2 rings (SSSR count). The quantitative estimate of drug-likeness (QED) is 0.737. The van der Waals surface area contributed by atoms with Gasteiger partial charge < -0.3 is 14.7 Å². The van der Waals surface area contributed by atoms with Gasteiger partial charge in [0, 0.05) is 32.2 Å². The van der Waals surface area contributed by atoms with E-state index < -0.39 is 0 Å². The topological polar surface area (TPSA) is 32.7 Å². The summed E-state index contributed by atoms with van der Waals surface area (Å²) in [6.07, 6.45) is 1.05. The second-order valence-electron chi connectivity index (χ2n) is 4.32. The first-order valence-corrected chi connectivity index (χ1v) is 5.89. The van der Waals surface area contributed by atoms with Crippen LogP contribution in [0.3, 0.4) is 0 Å². The van der Waals surface area contributed by atoms with Crippen molar-refractivity contribution >= 4 is 0 Å². The summed E-state index contributed by atoms with van der Waals surface area (Å²) in [7, 11) is 0. The van der Waals surface area contributed by atoms with Gasteiger partial charge in [0.15, 0.2) is 0 Å². The average molecular weight is 221 g/mol. The van der Waals surface area contributed by atoms with E-state index in [-0.39, 0.29) is 0 Å². The van der Waals surface area contributed by atoms with Crippen LogP contribution in [0.1, 0.15) is 6.42 Å². The molecule has 1 aromatic rings. The molecule has 0 aromatic heterocycles. The number of likely N-dealkylation sites (tertiary alicyclic amines) is 1. The van der Waals surface area contributed by atoms with Crippen LogP contribution in [0.15, 0.2) is 30.3 Å². The van der Waals surface area contributed by atoms with E-state index in [1.807, 2.05) is 30.3 Å². The molecule has 1 aromatic carbocycles. The van der Waals surface area contributed by atoms with Gasteiger partial charge in [-0.1, -0.05) is 18.2 Å². The zero-order chi connectivity index (χ0) is 11.2. The first-order chi connectivity index (χ1) is 7.88. The summed E-state index contributed by atoms with van der Waals surface area (Å²) in [6.45, 7) is 4.26. The molecule has 88 valence electrons. The highest BCUT2D eigenvalue weighted by Crippen LogP contribution is 2.14. The average Bonchev–Trinajstić information content (AvgIpc) is 2.28. The summed E-state index contributed by atoms with van der Waals surface area (Å²) in [5.41, 5.74) is 0. The van der Waals surface area contributed by atoms with Crippen LogP contribution in [0.4, 0.5) is 0 Å². The first kappa shape index (κ1) is 11.4. The summed E-state index contributed by atoms with van der Waals surface area (Å²) in [4.78, 5) is 2.36. The highest BCUT2D eigenvalue weighted by molar-refractivity contribution is 5.20. The third kappa shape index (κ3) is 3.22. The molecule has 0 radical (unpaired) electrons. The number of benzene rings is 1. The summed E-state index contributed by atoms with van der Waals surface area (Å²) >= 11 is 0. The van der Waals surface area contributed by atoms with E-state index in [1.54, 1.807) is 0 Å². The van der Waals surface area contributed by atoms with Gasteiger partial charge in [-0.2, -0.15) is 0 Å². The van der Waals surface area contributed by atoms with E-state index in [0.29, 0.717) is 12.5 Å². The third-order valence-electron chi connectivity index (χ3n) is 2.92. The SMILES string of the molecule is OCC1CN(CCCOc2ccccc2)C1. The summed E-state index contributed by atoms with van der Waals surface area (Å²) in [6, 6.07) is 9.91. The lowest BCUT2D eigenvalue weighted by Gasteiger charge is -2.38. The Morgan fingerprint density at radius 2 is 2.00 bits per heavy atom. The molecule has 1 fully saturated rings. The van der Waals surface area contributed by atoms with Gasteiger partial charge in [-0.3, -0.25) is 0 Å². The zero-order valence-electron chi connectivity index (χ0n) is 9.51. The van der Waals surface area contributed by atoms with Gasteiger partial charge in [-0.15, -0.1) is 0 Å². The molecular weight excluding hydrogens is 202 g/mol. The molecule has 0 bridgehead atoms. The summed E-state index contributed by atoms with van der Waals surface area (Å²) in [5.74, 6) is 1.45. The molecule has 1 N–H and O–H groups in total. The first-order valence-electron chi connectivity index (χ1n) is 5.89. The number of hydrogen-bond donors (Lipinski definition) is 1. The van der Waals surface area contributed by atoms with Gasteiger partial charge in [-0.05, 0) is 18.6 Å². The van der Waals surface area contributed by atoms with Crippen molar-refractivity contribution in [2.24, 2.45) is 5.92 Å². The van der Waals surface area contributed by atoms with Crippen molar-refractivity contribution in [3.05, 3.63) is 30.3 Å². The van der Waals surface area contributed by atoms with Crippen LogP contribution in [-0.2, 0) is 0 Å². The maximum Gasteiger partial charge on any atom is 0.119 e. The predicted octanol–water partition coefficient (Wildman–Crippen LogP) is 1.38. The molecular formula is C13H19NO2. The molecule has 3 heteroatoms. The van der Waals surface area contributed by atoms with Crippen molar-refractivity contribution < 1.29 is 9.84 Å². The molecule has 3 nitrogen and oxygen atoms in total. The normalized spacial score (nSPS) is 17.1. The molecule has 1 aliphatic heterocycles. The van der Waals surface area contributed by atoms with Crippen molar-refractivity contribution in [1.82, 2.24) is 4.90 Å². The standard InChI is InChI=1S/C13H19NO2/c15-11-12-9-14(10-12)7-4-8-16-13-5-2-1-3-6-13/h1-3,5-6,12,15H,4,7-11H2. The van der Waals surface area contributed by atoms with E-state index in [9.17, 15) is 0 Å². The number of para-hydroxylation sites is 1. The van der Waals surface area contributed by atoms with Gasteiger partial charge >= 0.3 is 0 Å². The Kier molecular flexibility index (Phi) is 4.19. The van der Waals surface area contributed by atoms with E-state index in [1.165, 1.54) is 0 Å². The lowest BCUT2D eigenvalue weighted by molar-refractivity contribution is 0.0502. The van der Waals surface area contributed by atoms with Gasteiger partial charge in [0.05, 0.1) is 6.61 Å². The zero-order valence-corrected chi connectivity index (χ0v) is 9.51. The predicted molar refractivity (Wildman–Crippen MR) is 63.6 cm³/mol. The number of rotatable bonds is 6. The molecule has 0 amide bonds. The molecule has 0 unspecified atom stereocenters. The molecule has 0 atom stereocenters. The minimum absolute atomic E-state index is 0.330. The lowest BCUT2D eigenvalue weighted by atomic mass is 10.0. The van der Waals surface area contributed by atoms with Crippen molar-refractivity contribution in [3.63, 3.8) is 0 Å². The molecule has 0 spiro atoms. The highest BCUT2D eigenvalue weighted by Gasteiger charge is 2.24. The Morgan fingerprint density at radius 3 is 2.69 bits per heavy atom. The second-order valence-corrected chi connectivity index (χ2v) is 4.32. The van der Waals surface area contributed by atoms with Crippen LogP contribution < -0.4 is 4.74 Å². The van der Waals surface area contributed by atoms with Crippen molar-refractivity contribution in [3.8, 4) is 5.75 Å². The van der Waals surface area contributed by atoms with Crippen LogP contribution >= 0.6 is 0 Å². The number of hydrogen-bond acceptors (Lipinski definition) is 3. The Labute approximate surface area is 96.6 Å². The molecule has 0 aliphatic carbocycles. The smallest absolute Gasteiger partial charge is 0.119 e. The Hall–Kier alpha value is -1.06. The molecule has 1 saturated heterocycles. The number of aliphatic hydroxyl groups excluding tert-OH is 1. The van der Waals surface area contributed by atoms with Crippen LogP contribution in [0.2, 0.25) is 0 Å². The lowest BCUT2D eigenvalue weighted by Crippen LogP contribution is -2.48. The van der Waals surface area contributed by atoms with Gasteiger partial charge in [0.1, 0.15) is 5.75 Å². The van der Waals surface area contributed by atoms with Crippen LogP contribution in [0.25, 0.3) is 0 Å². The molecule has 0 saturated carbocycles. The molecule has 1 aliphatic rings.